The minimum atomic E-state index is -0.0876. The first-order chi connectivity index (χ1) is 11.7. The van der Waals surface area contributed by atoms with E-state index in [-0.39, 0.29) is 5.91 Å². The molecule has 0 radical (unpaired) electrons. The molecule has 2 aromatic heterocycles. The molecule has 0 aliphatic carbocycles. The van der Waals surface area contributed by atoms with Gasteiger partial charge in [-0.05, 0) is 36.8 Å². The summed E-state index contributed by atoms with van der Waals surface area (Å²) in [5.41, 5.74) is 3.74. The Hall–Kier alpha value is -2.18. The van der Waals surface area contributed by atoms with Crippen LogP contribution in [0.2, 0.25) is 0 Å². The van der Waals surface area contributed by atoms with E-state index in [1.807, 2.05) is 49.4 Å². The highest BCUT2D eigenvalue weighted by Crippen LogP contribution is 2.26. The predicted molar refractivity (Wildman–Crippen MR) is 98.3 cm³/mol. The Morgan fingerprint density at radius 1 is 1.21 bits per heavy atom. The minimum Gasteiger partial charge on any atom is -0.346 e. The van der Waals surface area contributed by atoms with Gasteiger partial charge < -0.3 is 5.32 Å². The summed E-state index contributed by atoms with van der Waals surface area (Å²) in [7, 11) is 0. The third-order valence-electron chi connectivity index (χ3n) is 3.33. The van der Waals surface area contributed by atoms with Gasteiger partial charge in [0, 0.05) is 28.6 Å². The van der Waals surface area contributed by atoms with Crippen molar-refractivity contribution in [2.24, 2.45) is 0 Å². The van der Waals surface area contributed by atoms with Gasteiger partial charge in [0.15, 0.2) is 0 Å². The zero-order valence-electron chi connectivity index (χ0n) is 13.2. The SMILES string of the molecule is Cc1csc(SCc2ccc(C(=O)NCc3ccccn3)cc2)n1. The number of benzene rings is 1. The van der Waals surface area contributed by atoms with Gasteiger partial charge in [0.05, 0.1) is 12.2 Å². The van der Waals surface area contributed by atoms with Gasteiger partial charge in [0.25, 0.3) is 5.91 Å². The fraction of sp³-hybridized carbons (Fsp3) is 0.167. The summed E-state index contributed by atoms with van der Waals surface area (Å²) in [5.74, 6) is 0.762. The maximum Gasteiger partial charge on any atom is 0.251 e. The Bertz CT molecular complexity index is 801. The Kier molecular flexibility index (Phi) is 5.61. The second kappa shape index (κ2) is 8.08. The number of nitrogens with one attached hydrogen (secondary N) is 1. The van der Waals surface area contributed by atoms with Crippen LogP contribution in [-0.4, -0.2) is 15.9 Å². The van der Waals surface area contributed by atoms with Crippen LogP contribution < -0.4 is 5.32 Å². The lowest BCUT2D eigenvalue weighted by molar-refractivity contribution is 0.0950. The molecule has 4 nitrogen and oxygen atoms in total. The lowest BCUT2D eigenvalue weighted by Gasteiger charge is -2.06. The van der Waals surface area contributed by atoms with Crippen molar-refractivity contribution in [1.82, 2.24) is 15.3 Å². The van der Waals surface area contributed by atoms with Gasteiger partial charge in [0.1, 0.15) is 4.34 Å². The molecule has 0 saturated carbocycles. The highest BCUT2D eigenvalue weighted by Gasteiger charge is 2.06. The Morgan fingerprint density at radius 3 is 2.71 bits per heavy atom. The molecule has 122 valence electrons. The number of thiazole rings is 1. The fourth-order valence-corrected chi connectivity index (χ4v) is 3.88. The molecule has 2 heterocycles. The Balaban J connectivity index is 1.52. The minimum absolute atomic E-state index is 0.0876. The number of hydrogen-bond donors (Lipinski definition) is 1. The van der Waals surface area contributed by atoms with Gasteiger partial charge in [-0.2, -0.15) is 0 Å². The van der Waals surface area contributed by atoms with Crippen LogP contribution in [0.15, 0.2) is 58.4 Å². The first-order valence-electron chi connectivity index (χ1n) is 7.53. The molecule has 0 bridgehead atoms. The van der Waals surface area contributed by atoms with Crippen molar-refractivity contribution in [3.05, 3.63) is 76.6 Å². The Morgan fingerprint density at radius 2 is 2.04 bits per heavy atom. The van der Waals surface area contributed by atoms with E-state index >= 15 is 0 Å². The average Bonchev–Trinajstić information content (AvgIpc) is 3.04. The van der Waals surface area contributed by atoms with Crippen LogP contribution in [-0.2, 0) is 12.3 Å². The monoisotopic (exact) mass is 355 g/mol. The number of amides is 1. The van der Waals surface area contributed by atoms with Crippen LogP contribution in [0.1, 0.15) is 27.3 Å². The lowest BCUT2D eigenvalue weighted by atomic mass is 10.1. The van der Waals surface area contributed by atoms with E-state index in [1.54, 1.807) is 29.3 Å². The lowest BCUT2D eigenvalue weighted by Crippen LogP contribution is -2.23. The molecule has 1 aromatic carbocycles. The van der Waals surface area contributed by atoms with Crippen molar-refractivity contribution >= 4 is 29.0 Å². The quantitative estimate of drug-likeness (QED) is 0.677. The van der Waals surface area contributed by atoms with E-state index in [4.69, 9.17) is 0 Å². The molecular formula is C18H17N3OS2. The molecule has 24 heavy (non-hydrogen) atoms. The number of nitrogens with zero attached hydrogens (tertiary/aromatic N) is 2. The number of carbonyl (C=O) groups is 1. The van der Waals surface area contributed by atoms with Gasteiger partial charge >= 0.3 is 0 Å². The smallest absolute Gasteiger partial charge is 0.251 e. The molecule has 0 atom stereocenters. The number of aryl methyl sites for hydroxylation is 1. The van der Waals surface area contributed by atoms with Gasteiger partial charge in [-0.25, -0.2) is 4.98 Å². The summed E-state index contributed by atoms with van der Waals surface area (Å²) in [6.07, 6.45) is 1.72. The number of carbonyl (C=O) groups excluding carboxylic acids is 1. The summed E-state index contributed by atoms with van der Waals surface area (Å²) >= 11 is 3.38. The van der Waals surface area contributed by atoms with Crippen molar-refractivity contribution in [1.29, 1.82) is 0 Å². The predicted octanol–water partition coefficient (Wildman–Crippen LogP) is 4.07. The summed E-state index contributed by atoms with van der Waals surface area (Å²) in [6.45, 7) is 2.43. The average molecular weight is 355 g/mol. The zero-order valence-corrected chi connectivity index (χ0v) is 14.9. The standard InChI is InChI=1S/C18H17N3OS2/c1-13-11-23-18(21-13)24-12-14-5-7-15(8-6-14)17(22)20-10-16-4-2-3-9-19-16/h2-9,11H,10,12H2,1H3,(H,20,22). The maximum absolute atomic E-state index is 12.2. The van der Waals surface area contributed by atoms with Crippen LogP contribution in [0.4, 0.5) is 0 Å². The van der Waals surface area contributed by atoms with Crippen molar-refractivity contribution < 1.29 is 4.79 Å². The largest absolute Gasteiger partial charge is 0.346 e. The number of pyridine rings is 1. The third-order valence-corrected chi connectivity index (χ3v) is 5.54. The first-order valence-corrected chi connectivity index (χ1v) is 9.39. The molecule has 0 saturated heterocycles. The van der Waals surface area contributed by atoms with E-state index in [1.165, 1.54) is 5.56 Å². The summed E-state index contributed by atoms with van der Waals surface area (Å²) < 4.78 is 1.07. The van der Waals surface area contributed by atoms with Crippen LogP contribution in [0.25, 0.3) is 0 Å². The molecule has 1 amide bonds. The van der Waals surface area contributed by atoms with Crippen molar-refractivity contribution in [3.8, 4) is 0 Å². The molecule has 0 aliphatic rings. The summed E-state index contributed by atoms with van der Waals surface area (Å²) in [4.78, 5) is 20.8. The van der Waals surface area contributed by atoms with Crippen LogP contribution >= 0.6 is 23.1 Å². The molecule has 3 aromatic rings. The van der Waals surface area contributed by atoms with Crippen LogP contribution in [0.5, 0.6) is 0 Å². The molecule has 0 spiro atoms. The van der Waals surface area contributed by atoms with Crippen LogP contribution in [0.3, 0.4) is 0 Å². The van der Waals surface area contributed by atoms with Gasteiger partial charge in [0.2, 0.25) is 0 Å². The molecule has 0 aliphatic heterocycles. The molecule has 3 rings (SSSR count). The van der Waals surface area contributed by atoms with E-state index in [0.29, 0.717) is 12.1 Å². The first kappa shape index (κ1) is 16.7. The van der Waals surface area contributed by atoms with Gasteiger partial charge in [-0.3, -0.25) is 9.78 Å². The van der Waals surface area contributed by atoms with Crippen molar-refractivity contribution in [3.63, 3.8) is 0 Å². The van der Waals surface area contributed by atoms with E-state index in [9.17, 15) is 4.79 Å². The van der Waals surface area contributed by atoms with Gasteiger partial charge in [-0.15, -0.1) is 11.3 Å². The van der Waals surface area contributed by atoms with E-state index < -0.39 is 0 Å². The number of thioether (sulfide) groups is 1. The molecule has 6 heteroatoms. The molecule has 0 fully saturated rings. The number of hydrogen-bond acceptors (Lipinski definition) is 5. The molecule has 0 unspecified atom stereocenters. The second-order valence-corrected chi connectivity index (χ2v) is 7.32. The molecular weight excluding hydrogens is 338 g/mol. The topological polar surface area (TPSA) is 54.9 Å². The Labute approximate surface area is 149 Å². The highest BCUT2D eigenvalue weighted by molar-refractivity contribution is 8.00. The van der Waals surface area contributed by atoms with Gasteiger partial charge in [-0.1, -0.05) is 30.0 Å². The third kappa shape index (κ3) is 4.66. The molecule has 1 N–H and O–H groups in total. The van der Waals surface area contributed by atoms with E-state index in [0.717, 1.165) is 21.5 Å². The summed E-state index contributed by atoms with van der Waals surface area (Å²) in [6, 6.07) is 13.3. The second-order valence-electron chi connectivity index (χ2n) is 5.24. The van der Waals surface area contributed by atoms with Crippen molar-refractivity contribution in [2.45, 2.75) is 23.6 Å². The van der Waals surface area contributed by atoms with Crippen molar-refractivity contribution in [2.75, 3.05) is 0 Å². The maximum atomic E-state index is 12.2. The normalized spacial score (nSPS) is 10.5. The van der Waals surface area contributed by atoms with Crippen LogP contribution in [0, 0.1) is 6.92 Å². The zero-order chi connectivity index (χ0) is 16.8. The fourth-order valence-electron chi connectivity index (χ4n) is 2.07. The number of aromatic nitrogens is 2. The van der Waals surface area contributed by atoms with E-state index in [2.05, 4.69) is 20.7 Å². The summed E-state index contributed by atoms with van der Waals surface area (Å²) in [5, 5.41) is 4.93. The number of rotatable bonds is 6. The highest BCUT2D eigenvalue weighted by atomic mass is 32.2.